The first-order valence-electron chi connectivity index (χ1n) is 10.0. The molecule has 0 saturated carbocycles. The molecule has 2 aromatic carbocycles. The Bertz CT molecular complexity index is 791. The highest BCUT2D eigenvalue weighted by Crippen LogP contribution is 2.22. The van der Waals surface area contributed by atoms with Gasteiger partial charge in [0.15, 0.2) is 0 Å². The summed E-state index contributed by atoms with van der Waals surface area (Å²) >= 11 is 0. The maximum Gasteiger partial charge on any atom is 0.321 e. The molecule has 3 rings (SSSR count). The van der Waals surface area contributed by atoms with Gasteiger partial charge in [-0.3, -0.25) is 4.79 Å². The number of urea groups is 1. The van der Waals surface area contributed by atoms with E-state index in [1.54, 1.807) is 0 Å². The first-order valence-corrected chi connectivity index (χ1v) is 10.0. The van der Waals surface area contributed by atoms with Crippen LogP contribution in [0.4, 0.5) is 10.5 Å². The van der Waals surface area contributed by atoms with Gasteiger partial charge < -0.3 is 15.5 Å². The molecule has 148 valence electrons. The van der Waals surface area contributed by atoms with Crippen molar-refractivity contribution < 1.29 is 9.59 Å². The molecular formula is C23H29N3O2. The molecule has 1 saturated heterocycles. The van der Waals surface area contributed by atoms with Gasteiger partial charge in [-0.25, -0.2) is 4.79 Å². The van der Waals surface area contributed by atoms with Crippen LogP contribution >= 0.6 is 0 Å². The van der Waals surface area contributed by atoms with Crippen molar-refractivity contribution in [1.82, 2.24) is 10.2 Å². The molecule has 5 nitrogen and oxygen atoms in total. The average molecular weight is 380 g/mol. The summed E-state index contributed by atoms with van der Waals surface area (Å²) in [6.07, 6.45) is 3.37. The summed E-state index contributed by atoms with van der Waals surface area (Å²) in [5, 5.41) is 5.96. The lowest BCUT2D eigenvalue weighted by atomic mass is 9.93. The molecular weight excluding hydrogens is 350 g/mol. The molecule has 0 aromatic heterocycles. The number of rotatable bonds is 6. The lowest BCUT2D eigenvalue weighted by molar-refractivity contribution is -0.121. The number of aryl methyl sites for hydroxylation is 1. The molecule has 2 aromatic rings. The minimum atomic E-state index is -0.0520. The zero-order chi connectivity index (χ0) is 19.8. The van der Waals surface area contributed by atoms with Crippen LogP contribution in [0.1, 0.15) is 36.8 Å². The van der Waals surface area contributed by atoms with Gasteiger partial charge in [-0.1, -0.05) is 42.5 Å². The van der Waals surface area contributed by atoms with Crippen LogP contribution in [0, 0.1) is 12.8 Å². The molecule has 1 heterocycles. The number of likely N-dealkylation sites (tertiary alicyclic amines) is 1. The first-order chi connectivity index (χ1) is 13.6. The number of hydrogen-bond donors (Lipinski definition) is 2. The minimum Gasteiger partial charge on any atom is -0.352 e. The molecule has 1 aliphatic rings. The van der Waals surface area contributed by atoms with Crippen molar-refractivity contribution in [3.8, 4) is 0 Å². The maximum atomic E-state index is 12.6. The zero-order valence-corrected chi connectivity index (χ0v) is 16.5. The first kappa shape index (κ1) is 19.9. The number of nitrogens with one attached hydrogen (secondary N) is 2. The second kappa shape index (κ2) is 9.93. The second-order valence-corrected chi connectivity index (χ2v) is 7.55. The molecule has 0 spiro atoms. The number of nitrogens with zero attached hydrogens (tertiary/aromatic N) is 1. The van der Waals surface area contributed by atoms with Gasteiger partial charge in [-0.15, -0.1) is 0 Å². The van der Waals surface area contributed by atoms with E-state index in [1.165, 1.54) is 0 Å². The highest BCUT2D eigenvalue weighted by atomic mass is 16.2. The third kappa shape index (κ3) is 6.12. The van der Waals surface area contributed by atoms with Crippen molar-refractivity contribution in [2.75, 3.05) is 18.4 Å². The van der Waals surface area contributed by atoms with Crippen LogP contribution < -0.4 is 10.6 Å². The number of anilines is 1. The Morgan fingerprint density at radius 1 is 1.11 bits per heavy atom. The van der Waals surface area contributed by atoms with Gasteiger partial charge in [-0.05, 0) is 55.4 Å². The molecule has 1 atom stereocenters. The van der Waals surface area contributed by atoms with E-state index < -0.39 is 0 Å². The molecule has 5 heteroatoms. The fraction of sp³-hybridized carbons (Fsp3) is 0.391. The molecule has 0 unspecified atom stereocenters. The lowest BCUT2D eigenvalue weighted by Gasteiger charge is -2.32. The Morgan fingerprint density at radius 3 is 2.71 bits per heavy atom. The van der Waals surface area contributed by atoms with E-state index in [4.69, 9.17) is 0 Å². The molecule has 1 fully saturated rings. The molecule has 0 bridgehead atoms. The van der Waals surface area contributed by atoms with Crippen LogP contribution in [0.2, 0.25) is 0 Å². The zero-order valence-electron chi connectivity index (χ0n) is 16.5. The molecule has 3 amide bonds. The van der Waals surface area contributed by atoms with E-state index in [2.05, 4.69) is 10.6 Å². The number of benzene rings is 2. The molecule has 0 radical (unpaired) electrons. The van der Waals surface area contributed by atoms with Crippen molar-refractivity contribution in [3.63, 3.8) is 0 Å². The number of carbonyl (C=O) groups excluding carboxylic acids is 2. The third-order valence-electron chi connectivity index (χ3n) is 5.19. The van der Waals surface area contributed by atoms with Crippen LogP contribution in [0.25, 0.3) is 0 Å². The van der Waals surface area contributed by atoms with Gasteiger partial charge >= 0.3 is 6.03 Å². The van der Waals surface area contributed by atoms with Gasteiger partial charge in [-0.2, -0.15) is 0 Å². The van der Waals surface area contributed by atoms with Gasteiger partial charge in [0.1, 0.15) is 0 Å². The third-order valence-corrected chi connectivity index (χ3v) is 5.19. The van der Waals surface area contributed by atoms with Crippen molar-refractivity contribution in [2.24, 2.45) is 5.92 Å². The Labute approximate surface area is 167 Å². The number of carbonyl (C=O) groups is 2. The fourth-order valence-electron chi connectivity index (χ4n) is 3.63. The van der Waals surface area contributed by atoms with Crippen molar-refractivity contribution in [1.29, 1.82) is 0 Å². The van der Waals surface area contributed by atoms with Gasteiger partial charge in [0.25, 0.3) is 0 Å². The number of amides is 3. The highest BCUT2D eigenvalue weighted by Gasteiger charge is 2.24. The van der Waals surface area contributed by atoms with Crippen LogP contribution in [-0.4, -0.2) is 29.9 Å². The van der Waals surface area contributed by atoms with E-state index in [9.17, 15) is 9.59 Å². The summed E-state index contributed by atoms with van der Waals surface area (Å²) in [7, 11) is 0. The van der Waals surface area contributed by atoms with E-state index in [0.717, 1.165) is 42.6 Å². The standard InChI is InChI=1S/C23H29N3O2/c1-18-7-5-11-21(15-18)25-23(28)26-14-6-10-20(17-26)12-13-22(27)24-16-19-8-3-2-4-9-19/h2-5,7-9,11,15,20H,6,10,12-14,16-17H2,1H3,(H,24,27)(H,25,28)/t20-/m1/s1. The number of hydrogen-bond acceptors (Lipinski definition) is 2. The number of piperidine rings is 1. The van der Waals surface area contributed by atoms with Crippen molar-refractivity contribution in [2.45, 2.75) is 39.2 Å². The predicted octanol–water partition coefficient (Wildman–Crippen LogP) is 4.34. The maximum absolute atomic E-state index is 12.6. The molecule has 0 aliphatic carbocycles. The summed E-state index contributed by atoms with van der Waals surface area (Å²) in [6, 6.07) is 17.7. The van der Waals surface area contributed by atoms with Crippen molar-refractivity contribution >= 4 is 17.6 Å². The van der Waals surface area contributed by atoms with Crippen LogP contribution in [-0.2, 0) is 11.3 Å². The van der Waals surface area contributed by atoms with E-state index >= 15 is 0 Å². The highest BCUT2D eigenvalue weighted by molar-refractivity contribution is 5.89. The van der Waals surface area contributed by atoms with Gasteiger partial charge in [0.2, 0.25) is 5.91 Å². The van der Waals surface area contributed by atoms with Crippen LogP contribution in [0.3, 0.4) is 0 Å². The lowest BCUT2D eigenvalue weighted by Crippen LogP contribution is -2.42. The van der Waals surface area contributed by atoms with E-state index in [0.29, 0.717) is 25.4 Å². The predicted molar refractivity (Wildman–Crippen MR) is 112 cm³/mol. The smallest absolute Gasteiger partial charge is 0.321 e. The second-order valence-electron chi connectivity index (χ2n) is 7.55. The van der Waals surface area contributed by atoms with E-state index in [1.807, 2.05) is 66.4 Å². The summed E-state index contributed by atoms with van der Waals surface area (Å²) in [6.45, 7) is 4.06. The summed E-state index contributed by atoms with van der Waals surface area (Å²) in [4.78, 5) is 26.6. The Hall–Kier alpha value is -2.82. The fourth-order valence-corrected chi connectivity index (χ4v) is 3.63. The summed E-state index contributed by atoms with van der Waals surface area (Å²) in [5.74, 6) is 0.449. The quantitative estimate of drug-likeness (QED) is 0.784. The topological polar surface area (TPSA) is 61.4 Å². The molecule has 28 heavy (non-hydrogen) atoms. The largest absolute Gasteiger partial charge is 0.352 e. The Morgan fingerprint density at radius 2 is 1.93 bits per heavy atom. The van der Waals surface area contributed by atoms with Crippen LogP contribution in [0.5, 0.6) is 0 Å². The minimum absolute atomic E-state index is 0.0520. The molecule has 2 N–H and O–H groups in total. The van der Waals surface area contributed by atoms with Crippen molar-refractivity contribution in [3.05, 3.63) is 65.7 Å². The summed E-state index contributed by atoms with van der Waals surface area (Å²) < 4.78 is 0. The van der Waals surface area contributed by atoms with Gasteiger partial charge in [0, 0.05) is 31.7 Å². The Balaban J connectivity index is 1.41. The monoisotopic (exact) mass is 379 g/mol. The summed E-state index contributed by atoms with van der Waals surface area (Å²) in [5.41, 5.74) is 3.05. The van der Waals surface area contributed by atoms with E-state index in [-0.39, 0.29) is 11.9 Å². The Kier molecular flexibility index (Phi) is 7.06. The molecule has 1 aliphatic heterocycles. The average Bonchev–Trinajstić information content (AvgIpc) is 2.72. The van der Waals surface area contributed by atoms with Gasteiger partial charge in [0.05, 0.1) is 0 Å². The normalized spacial score (nSPS) is 16.5. The SMILES string of the molecule is Cc1cccc(NC(=O)N2CCC[C@H](CCC(=O)NCc3ccccc3)C2)c1. The van der Waals surface area contributed by atoms with Crippen LogP contribution in [0.15, 0.2) is 54.6 Å².